The standard InChI is InChI=1S/C6H10BrN3O2S/c1-10(5-3-7)13(11,12)6-2-4-8-9-6/h2,4H,3,5H2,1H3,(H,8,9). The van der Waals surface area contributed by atoms with E-state index in [4.69, 9.17) is 0 Å². The quantitative estimate of drug-likeness (QED) is 0.805. The fourth-order valence-electron chi connectivity index (χ4n) is 0.794. The molecule has 0 aliphatic heterocycles. The minimum Gasteiger partial charge on any atom is -0.266 e. The normalized spacial score (nSPS) is 12.2. The van der Waals surface area contributed by atoms with Crippen LogP contribution in [0.1, 0.15) is 0 Å². The summed E-state index contributed by atoms with van der Waals surface area (Å²) in [7, 11) is -1.85. The van der Waals surface area contributed by atoms with Crippen LogP contribution in [-0.2, 0) is 10.0 Å². The second-order valence-electron chi connectivity index (χ2n) is 2.44. The van der Waals surface area contributed by atoms with Gasteiger partial charge in [0, 0.05) is 18.9 Å². The van der Waals surface area contributed by atoms with E-state index in [-0.39, 0.29) is 5.03 Å². The van der Waals surface area contributed by atoms with Gasteiger partial charge in [0.1, 0.15) is 0 Å². The van der Waals surface area contributed by atoms with Crippen LogP contribution in [-0.4, -0.2) is 41.8 Å². The monoisotopic (exact) mass is 267 g/mol. The van der Waals surface area contributed by atoms with Gasteiger partial charge in [-0.15, -0.1) is 0 Å². The van der Waals surface area contributed by atoms with E-state index in [1.807, 2.05) is 0 Å². The Morgan fingerprint density at radius 2 is 2.38 bits per heavy atom. The van der Waals surface area contributed by atoms with Crippen molar-refractivity contribution in [1.82, 2.24) is 14.5 Å². The molecule has 1 rings (SSSR count). The topological polar surface area (TPSA) is 66.1 Å². The number of hydrogen-bond acceptors (Lipinski definition) is 3. The maximum atomic E-state index is 11.6. The van der Waals surface area contributed by atoms with Crippen LogP contribution in [0, 0.1) is 0 Å². The predicted molar refractivity (Wildman–Crippen MR) is 52.2 cm³/mol. The molecule has 0 fully saturated rings. The van der Waals surface area contributed by atoms with Crippen molar-refractivity contribution in [3.63, 3.8) is 0 Å². The van der Waals surface area contributed by atoms with Crippen LogP contribution in [0.5, 0.6) is 0 Å². The molecule has 7 heteroatoms. The number of nitrogens with zero attached hydrogens (tertiary/aromatic N) is 2. The highest BCUT2D eigenvalue weighted by Gasteiger charge is 2.20. The highest BCUT2D eigenvalue weighted by Crippen LogP contribution is 2.09. The summed E-state index contributed by atoms with van der Waals surface area (Å²) in [5.41, 5.74) is 0. The first kappa shape index (κ1) is 10.7. The molecule has 74 valence electrons. The molecule has 0 aromatic carbocycles. The molecule has 0 amide bonds. The van der Waals surface area contributed by atoms with E-state index in [0.29, 0.717) is 11.9 Å². The molecule has 0 saturated heterocycles. The van der Waals surface area contributed by atoms with Gasteiger partial charge in [0.05, 0.1) is 6.20 Å². The molecule has 0 radical (unpaired) electrons. The number of aromatic nitrogens is 2. The number of aromatic amines is 1. The molecular weight excluding hydrogens is 258 g/mol. The second-order valence-corrected chi connectivity index (χ2v) is 5.24. The van der Waals surface area contributed by atoms with Gasteiger partial charge in [-0.1, -0.05) is 15.9 Å². The average Bonchev–Trinajstić information content (AvgIpc) is 2.56. The summed E-state index contributed by atoms with van der Waals surface area (Å²) < 4.78 is 24.5. The van der Waals surface area contributed by atoms with Gasteiger partial charge in [-0.2, -0.15) is 9.40 Å². The lowest BCUT2D eigenvalue weighted by molar-refractivity contribution is 0.486. The number of nitrogens with one attached hydrogen (secondary N) is 1. The van der Waals surface area contributed by atoms with E-state index in [1.54, 1.807) is 0 Å². The third-order valence-corrected chi connectivity index (χ3v) is 3.70. The highest BCUT2D eigenvalue weighted by molar-refractivity contribution is 9.09. The predicted octanol–water partition coefficient (Wildman–Crippen LogP) is 0.425. The van der Waals surface area contributed by atoms with Crippen LogP contribution in [0.3, 0.4) is 0 Å². The first-order chi connectivity index (χ1) is 6.09. The summed E-state index contributed by atoms with van der Waals surface area (Å²) in [5, 5.41) is 6.74. The summed E-state index contributed by atoms with van der Waals surface area (Å²) in [4.78, 5) is 0. The van der Waals surface area contributed by atoms with Gasteiger partial charge in [-0.05, 0) is 6.07 Å². The Kier molecular flexibility index (Phi) is 3.46. The highest BCUT2D eigenvalue weighted by atomic mass is 79.9. The zero-order chi connectivity index (χ0) is 9.90. The maximum Gasteiger partial charge on any atom is 0.259 e. The number of rotatable bonds is 4. The third-order valence-electron chi connectivity index (χ3n) is 1.56. The van der Waals surface area contributed by atoms with E-state index in [0.717, 1.165) is 0 Å². The Morgan fingerprint density at radius 1 is 1.69 bits per heavy atom. The Balaban J connectivity index is 2.90. The van der Waals surface area contributed by atoms with E-state index >= 15 is 0 Å². The van der Waals surface area contributed by atoms with Crippen molar-refractivity contribution in [3.8, 4) is 0 Å². The van der Waals surface area contributed by atoms with Crippen LogP contribution in [0.2, 0.25) is 0 Å². The fraction of sp³-hybridized carbons (Fsp3) is 0.500. The lowest BCUT2D eigenvalue weighted by Gasteiger charge is -2.13. The molecule has 0 aliphatic carbocycles. The summed E-state index contributed by atoms with van der Waals surface area (Å²) in [5.74, 6) is 0. The second kappa shape index (κ2) is 4.21. The molecule has 0 bridgehead atoms. The molecule has 0 saturated carbocycles. The molecule has 0 spiro atoms. The third kappa shape index (κ3) is 2.29. The molecule has 5 nitrogen and oxygen atoms in total. The molecule has 1 aromatic rings. The van der Waals surface area contributed by atoms with Gasteiger partial charge in [0.15, 0.2) is 5.03 Å². The smallest absolute Gasteiger partial charge is 0.259 e. The fourth-order valence-corrected chi connectivity index (χ4v) is 2.63. The van der Waals surface area contributed by atoms with Crippen molar-refractivity contribution in [1.29, 1.82) is 0 Å². The zero-order valence-electron chi connectivity index (χ0n) is 7.07. The zero-order valence-corrected chi connectivity index (χ0v) is 9.47. The van der Waals surface area contributed by atoms with Gasteiger partial charge < -0.3 is 0 Å². The number of sulfonamides is 1. The molecule has 1 N–H and O–H groups in total. The van der Waals surface area contributed by atoms with Crippen LogP contribution in [0.25, 0.3) is 0 Å². The summed E-state index contributed by atoms with van der Waals surface area (Å²) in [6, 6.07) is 1.43. The van der Waals surface area contributed by atoms with Crippen molar-refractivity contribution in [2.24, 2.45) is 0 Å². The molecule has 1 aromatic heterocycles. The SMILES string of the molecule is CN(CCBr)S(=O)(=O)c1ccn[nH]1. The van der Waals surface area contributed by atoms with Gasteiger partial charge >= 0.3 is 0 Å². The lowest BCUT2D eigenvalue weighted by Crippen LogP contribution is -2.28. The van der Waals surface area contributed by atoms with E-state index < -0.39 is 10.0 Å². The molecule has 0 atom stereocenters. The molecular formula is C6H10BrN3O2S. The first-order valence-corrected chi connectivity index (χ1v) is 6.17. The van der Waals surface area contributed by atoms with Crippen LogP contribution >= 0.6 is 15.9 Å². The summed E-state index contributed by atoms with van der Waals surface area (Å²) in [6.07, 6.45) is 1.41. The molecule has 0 unspecified atom stereocenters. The van der Waals surface area contributed by atoms with Gasteiger partial charge in [0.2, 0.25) is 0 Å². The van der Waals surface area contributed by atoms with Crippen molar-refractivity contribution in [2.75, 3.05) is 18.9 Å². The Hall–Kier alpha value is -0.400. The van der Waals surface area contributed by atoms with E-state index in [1.165, 1.54) is 23.6 Å². The number of alkyl halides is 1. The van der Waals surface area contributed by atoms with Gasteiger partial charge in [-0.3, -0.25) is 5.10 Å². The van der Waals surface area contributed by atoms with E-state index in [2.05, 4.69) is 26.1 Å². The minimum atomic E-state index is -3.37. The van der Waals surface area contributed by atoms with Gasteiger partial charge in [-0.25, -0.2) is 8.42 Å². The average molecular weight is 268 g/mol. The Morgan fingerprint density at radius 3 is 2.85 bits per heavy atom. The number of H-pyrrole nitrogens is 1. The van der Waals surface area contributed by atoms with Crippen LogP contribution in [0.4, 0.5) is 0 Å². The van der Waals surface area contributed by atoms with Crippen LogP contribution < -0.4 is 0 Å². The summed E-state index contributed by atoms with van der Waals surface area (Å²) in [6.45, 7) is 0.432. The van der Waals surface area contributed by atoms with E-state index in [9.17, 15) is 8.42 Å². The van der Waals surface area contributed by atoms with Crippen molar-refractivity contribution in [3.05, 3.63) is 12.3 Å². The van der Waals surface area contributed by atoms with Gasteiger partial charge in [0.25, 0.3) is 10.0 Å². The van der Waals surface area contributed by atoms with Crippen molar-refractivity contribution >= 4 is 26.0 Å². The van der Waals surface area contributed by atoms with Crippen molar-refractivity contribution < 1.29 is 8.42 Å². The minimum absolute atomic E-state index is 0.121. The molecule has 1 heterocycles. The molecule has 13 heavy (non-hydrogen) atoms. The Bertz CT molecular complexity index is 348. The number of hydrogen-bond donors (Lipinski definition) is 1. The summed E-state index contributed by atoms with van der Waals surface area (Å²) >= 11 is 3.17. The van der Waals surface area contributed by atoms with Crippen LogP contribution in [0.15, 0.2) is 17.3 Å². The van der Waals surface area contributed by atoms with Crippen molar-refractivity contribution in [2.45, 2.75) is 5.03 Å². The molecule has 0 aliphatic rings. The first-order valence-electron chi connectivity index (χ1n) is 3.60. The Labute approximate surface area is 85.3 Å². The number of halogens is 1. The largest absolute Gasteiger partial charge is 0.266 e. The lowest BCUT2D eigenvalue weighted by atomic mass is 10.8. The maximum absolute atomic E-state index is 11.6.